The van der Waals surface area contributed by atoms with Crippen molar-refractivity contribution in [2.75, 3.05) is 0 Å². The van der Waals surface area contributed by atoms with Gasteiger partial charge in [-0.05, 0) is 36.1 Å². The molecule has 3 aliphatic rings. The van der Waals surface area contributed by atoms with Crippen LogP contribution in [0.15, 0.2) is 57.1 Å². The Labute approximate surface area is 158 Å². The quantitative estimate of drug-likeness (QED) is 0.678. The van der Waals surface area contributed by atoms with Crippen LogP contribution < -0.4 is 4.74 Å². The molecule has 1 aromatic heterocycles. The predicted octanol–water partition coefficient (Wildman–Crippen LogP) is 5.38. The molecule has 128 valence electrons. The summed E-state index contributed by atoms with van der Waals surface area (Å²) in [6.07, 6.45) is 5.13. The van der Waals surface area contributed by atoms with E-state index in [4.69, 9.17) is 9.84 Å². The highest BCUT2D eigenvalue weighted by molar-refractivity contribution is 9.10. The first-order chi connectivity index (χ1) is 12.1. The zero-order valence-corrected chi connectivity index (χ0v) is 15.9. The van der Waals surface area contributed by atoms with E-state index < -0.39 is 5.72 Å². The molecule has 0 bridgehead atoms. The molecule has 0 amide bonds. The number of aliphatic hydroxyl groups is 1. The van der Waals surface area contributed by atoms with Crippen LogP contribution in [0.25, 0.3) is 0 Å². The Kier molecular flexibility index (Phi) is 3.47. The number of nitrogens with zero attached hydrogens (tertiary/aromatic N) is 2. The van der Waals surface area contributed by atoms with Gasteiger partial charge in [0.2, 0.25) is 5.72 Å². The summed E-state index contributed by atoms with van der Waals surface area (Å²) in [4.78, 5) is 1.20. The first kappa shape index (κ1) is 15.5. The van der Waals surface area contributed by atoms with E-state index in [1.54, 1.807) is 11.3 Å². The summed E-state index contributed by atoms with van der Waals surface area (Å²) in [6.45, 7) is 0. The van der Waals surface area contributed by atoms with Gasteiger partial charge in [-0.3, -0.25) is 0 Å². The van der Waals surface area contributed by atoms with Gasteiger partial charge in [0.1, 0.15) is 5.75 Å². The molecule has 5 rings (SSSR count). The molecule has 1 aliphatic carbocycles. The van der Waals surface area contributed by atoms with E-state index >= 15 is 0 Å². The Bertz CT molecular complexity index is 893. The fraction of sp³-hybridized carbons (Fsp3) is 0.316. The number of hydrazone groups is 1. The van der Waals surface area contributed by atoms with Gasteiger partial charge in [-0.1, -0.05) is 22.0 Å². The molecule has 6 heteroatoms. The Morgan fingerprint density at radius 2 is 2.28 bits per heavy atom. The van der Waals surface area contributed by atoms with E-state index in [9.17, 15) is 5.11 Å². The molecule has 0 fully saturated rings. The Morgan fingerprint density at radius 3 is 3.08 bits per heavy atom. The Morgan fingerprint density at radius 1 is 1.36 bits per heavy atom. The summed E-state index contributed by atoms with van der Waals surface area (Å²) in [5.41, 5.74) is 1.55. The van der Waals surface area contributed by atoms with Gasteiger partial charge in [-0.2, -0.15) is 5.10 Å². The third-order valence-electron chi connectivity index (χ3n) is 5.08. The van der Waals surface area contributed by atoms with Crippen LogP contribution in [0.3, 0.4) is 0 Å². The molecule has 1 aromatic carbocycles. The third kappa shape index (κ3) is 2.42. The van der Waals surface area contributed by atoms with Crippen LogP contribution in [0.5, 0.6) is 5.75 Å². The van der Waals surface area contributed by atoms with Gasteiger partial charge in [0.05, 0.1) is 22.4 Å². The van der Waals surface area contributed by atoms with Crippen molar-refractivity contribution < 1.29 is 9.84 Å². The lowest BCUT2D eigenvalue weighted by Crippen LogP contribution is -2.53. The minimum absolute atomic E-state index is 0.125. The second-order valence-corrected chi connectivity index (χ2v) is 8.57. The lowest BCUT2D eigenvalue weighted by atomic mass is 9.90. The maximum atomic E-state index is 10.2. The van der Waals surface area contributed by atoms with Crippen LogP contribution in [-0.2, 0) is 0 Å². The lowest BCUT2D eigenvalue weighted by Gasteiger charge is -2.47. The van der Waals surface area contributed by atoms with E-state index in [0.29, 0.717) is 12.2 Å². The van der Waals surface area contributed by atoms with Crippen molar-refractivity contribution in [3.05, 3.63) is 62.5 Å². The highest BCUT2D eigenvalue weighted by Crippen LogP contribution is 2.50. The highest BCUT2D eigenvalue weighted by atomic mass is 79.9. The lowest BCUT2D eigenvalue weighted by molar-refractivity contribution is -0.0944. The summed E-state index contributed by atoms with van der Waals surface area (Å²) in [5, 5.41) is 19.3. The summed E-state index contributed by atoms with van der Waals surface area (Å²) < 4.78 is 7.47. The number of thiophene rings is 1. The van der Waals surface area contributed by atoms with Crippen molar-refractivity contribution in [1.29, 1.82) is 0 Å². The molecule has 0 radical (unpaired) electrons. The zero-order chi connectivity index (χ0) is 17.0. The van der Waals surface area contributed by atoms with Crippen molar-refractivity contribution in [2.45, 2.75) is 37.5 Å². The molecule has 1 spiro atoms. The normalized spacial score (nSPS) is 27.4. The second-order valence-electron chi connectivity index (χ2n) is 6.71. The summed E-state index contributed by atoms with van der Waals surface area (Å²) in [6, 6.07) is 10.4. The zero-order valence-electron chi connectivity index (χ0n) is 13.5. The first-order valence-electron chi connectivity index (χ1n) is 8.44. The standard InChI is InChI=1S/C19H17BrN2O2S/c20-12-5-6-17-14(9-12)16-10-15(18-4-2-8-25-18)21-22(16)19(24-17)7-1-3-13(23)11-19/h2,4-6,8-9,11,16,23H,1,3,7,10H2. The molecular formula is C19H17BrN2O2S. The average Bonchev–Trinajstić information content (AvgIpc) is 3.25. The van der Waals surface area contributed by atoms with E-state index in [1.165, 1.54) is 4.88 Å². The summed E-state index contributed by atoms with van der Waals surface area (Å²) in [7, 11) is 0. The molecule has 0 saturated carbocycles. The van der Waals surface area contributed by atoms with Crippen molar-refractivity contribution in [3.8, 4) is 5.75 Å². The number of benzene rings is 1. The molecule has 2 aromatic rings. The number of hydrogen-bond acceptors (Lipinski definition) is 5. The third-order valence-corrected chi connectivity index (χ3v) is 6.49. The van der Waals surface area contributed by atoms with Gasteiger partial charge in [-0.15, -0.1) is 11.3 Å². The van der Waals surface area contributed by atoms with E-state index in [-0.39, 0.29) is 6.04 Å². The van der Waals surface area contributed by atoms with Gasteiger partial charge in [0.25, 0.3) is 0 Å². The van der Waals surface area contributed by atoms with Crippen LogP contribution in [0.2, 0.25) is 0 Å². The fourth-order valence-corrected chi connectivity index (χ4v) is 5.09. The molecule has 2 aliphatic heterocycles. The molecule has 2 unspecified atom stereocenters. The Hall–Kier alpha value is -1.79. The minimum atomic E-state index is -0.688. The van der Waals surface area contributed by atoms with Crippen LogP contribution >= 0.6 is 27.3 Å². The second kappa shape index (κ2) is 5.61. The van der Waals surface area contributed by atoms with Crippen LogP contribution in [0.4, 0.5) is 0 Å². The van der Waals surface area contributed by atoms with Crippen LogP contribution in [-0.4, -0.2) is 21.6 Å². The van der Waals surface area contributed by atoms with Crippen molar-refractivity contribution >= 4 is 33.0 Å². The van der Waals surface area contributed by atoms with Crippen LogP contribution in [0, 0.1) is 0 Å². The van der Waals surface area contributed by atoms with Crippen LogP contribution in [0.1, 0.15) is 42.2 Å². The smallest absolute Gasteiger partial charge is 0.220 e. The number of ether oxygens (including phenoxy) is 1. The predicted molar refractivity (Wildman–Crippen MR) is 102 cm³/mol. The molecule has 25 heavy (non-hydrogen) atoms. The molecule has 1 N–H and O–H groups in total. The summed E-state index contributed by atoms with van der Waals surface area (Å²) >= 11 is 5.29. The van der Waals surface area contributed by atoms with Crippen molar-refractivity contribution in [2.24, 2.45) is 5.10 Å². The van der Waals surface area contributed by atoms with E-state index in [2.05, 4.69) is 44.5 Å². The largest absolute Gasteiger partial charge is 0.512 e. The van der Waals surface area contributed by atoms with Crippen molar-refractivity contribution in [3.63, 3.8) is 0 Å². The van der Waals surface area contributed by atoms with Crippen molar-refractivity contribution in [1.82, 2.24) is 5.01 Å². The topological polar surface area (TPSA) is 45.1 Å². The molecule has 3 heterocycles. The van der Waals surface area contributed by atoms with Gasteiger partial charge < -0.3 is 9.84 Å². The maximum Gasteiger partial charge on any atom is 0.220 e. The number of allylic oxidation sites excluding steroid dienone is 1. The summed E-state index contributed by atoms with van der Waals surface area (Å²) in [5.74, 6) is 1.28. The fourth-order valence-electron chi connectivity index (χ4n) is 3.99. The monoisotopic (exact) mass is 416 g/mol. The van der Waals surface area contributed by atoms with Gasteiger partial charge in [0.15, 0.2) is 0 Å². The van der Waals surface area contributed by atoms with E-state index in [1.807, 2.05) is 18.2 Å². The Balaban J connectivity index is 1.66. The number of rotatable bonds is 1. The molecule has 2 atom stereocenters. The minimum Gasteiger partial charge on any atom is -0.512 e. The molecular weight excluding hydrogens is 400 g/mol. The van der Waals surface area contributed by atoms with Gasteiger partial charge in [-0.25, -0.2) is 5.01 Å². The SMILES string of the molecule is OC1=CC2(CCC1)Oc1ccc(Br)cc1C1CC(c3cccs3)=NN12. The number of hydrogen-bond donors (Lipinski definition) is 1. The van der Waals surface area contributed by atoms with Gasteiger partial charge in [0, 0.05) is 35.4 Å². The number of aliphatic hydroxyl groups excluding tert-OH is 1. The molecule has 4 nitrogen and oxygen atoms in total. The maximum absolute atomic E-state index is 10.2. The average molecular weight is 417 g/mol. The number of halogens is 1. The highest BCUT2D eigenvalue weighted by Gasteiger charge is 2.50. The van der Waals surface area contributed by atoms with E-state index in [0.717, 1.165) is 40.8 Å². The van der Waals surface area contributed by atoms with Gasteiger partial charge >= 0.3 is 0 Å². The molecule has 0 saturated heterocycles. The first-order valence-corrected chi connectivity index (χ1v) is 10.1. The number of fused-ring (bicyclic) bond motifs is 4.